The van der Waals surface area contributed by atoms with Crippen molar-refractivity contribution in [2.75, 3.05) is 56.2 Å². The molecule has 8 nitrogen and oxygen atoms in total. The van der Waals surface area contributed by atoms with Crippen LogP contribution in [0.2, 0.25) is 0 Å². The topological polar surface area (TPSA) is 88.2 Å². The summed E-state index contributed by atoms with van der Waals surface area (Å²) >= 11 is 0. The van der Waals surface area contributed by atoms with Crippen molar-refractivity contribution in [1.82, 2.24) is 4.31 Å². The third kappa shape index (κ3) is 5.89. The van der Waals surface area contributed by atoms with Crippen molar-refractivity contribution in [3.05, 3.63) is 47.5 Å². The number of amides is 1. The normalized spacial score (nSPS) is 17.4. The zero-order chi connectivity index (χ0) is 24.1. The lowest BCUT2D eigenvalue weighted by atomic mass is 10.1. The molecule has 2 aliphatic heterocycles. The summed E-state index contributed by atoms with van der Waals surface area (Å²) in [6.45, 7) is 6.94. The van der Waals surface area contributed by atoms with Gasteiger partial charge in [-0.2, -0.15) is 4.31 Å². The molecule has 0 bridgehead atoms. The fraction of sp³-hybridized carbons (Fsp3) is 0.480. The largest absolute Gasteiger partial charge is 0.484 e. The van der Waals surface area contributed by atoms with Crippen LogP contribution >= 0.6 is 0 Å². The monoisotopic (exact) mass is 487 g/mol. The van der Waals surface area contributed by atoms with Gasteiger partial charge in [0.25, 0.3) is 5.91 Å². The number of morpholine rings is 1. The number of benzene rings is 2. The van der Waals surface area contributed by atoms with Crippen molar-refractivity contribution >= 4 is 27.3 Å². The average molecular weight is 488 g/mol. The predicted octanol–water partition coefficient (Wildman–Crippen LogP) is 3.33. The van der Waals surface area contributed by atoms with Crippen LogP contribution in [0.4, 0.5) is 11.4 Å². The minimum Gasteiger partial charge on any atom is -0.484 e. The Morgan fingerprint density at radius 2 is 1.65 bits per heavy atom. The highest BCUT2D eigenvalue weighted by Gasteiger charge is 2.28. The van der Waals surface area contributed by atoms with E-state index in [4.69, 9.17) is 9.47 Å². The molecule has 0 aliphatic carbocycles. The Kier molecular flexibility index (Phi) is 7.75. The molecule has 0 radical (unpaired) electrons. The summed E-state index contributed by atoms with van der Waals surface area (Å²) in [5.74, 6) is 0.297. The number of carbonyl (C=O) groups excluding carboxylic acids is 1. The molecule has 1 amide bonds. The Morgan fingerprint density at radius 1 is 0.971 bits per heavy atom. The fourth-order valence-corrected chi connectivity index (χ4v) is 5.91. The number of hydrogen-bond acceptors (Lipinski definition) is 6. The van der Waals surface area contributed by atoms with Crippen LogP contribution in [-0.2, 0) is 19.6 Å². The third-order valence-corrected chi connectivity index (χ3v) is 8.01. The maximum Gasteiger partial charge on any atom is 0.262 e. The number of aryl methyl sites for hydroxylation is 2. The zero-order valence-corrected chi connectivity index (χ0v) is 20.7. The van der Waals surface area contributed by atoms with E-state index in [2.05, 4.69) is 10.2 Å². The first-order valence-electron chi connectivity index (χ1n) is 11.8. The number of carbonyl (C=O) groups is 1. The van der Waals surface area contributed by atoms with Crippen molar-refractivity contribution in [1.29, 1.82) is 0 Å². The van der Waals surface area contributed by atoms with Gasteiger partial charge in [0.15, 0.2) is 6.61 Å². The minimum atomic E-state index is -3.68. The van der Waals surface area contributed by atoms with Gasteiger partial charge >= 0.3 is 0 Å². The van der Waals surface area contributed by atoms with Gasteiger partial charge in [-0.15, -0.1) is 0 Å². The molecule has 0 saturated carbocycles. The van der Waals surface area contributed by atoms with E-state index < -0.39 is 10.0 Å². The van der Waals surface area contributed by atoms with E-state index >= 15 is 0 Å². The molecule has 0 unspecified atom stereocenters. The number of ether oxygens (including phenoxy) is 2. The van der Waals surface area contributed by atoms with Crippen molar-refractivity contribution in [2.45, 2.75) is 38.0 Å². The quantitative estimate of drug-likeness (QED) is 0.645. The lowest BCUT2D eigenvalue weighted by Crippen LogP contribution is -2.40. The highest BCUT2D eigenvalue weighted by atomic mass is 32.2. The Hall–Kier alpha value is -2.62. The van der Waals surface area contributed by atoms with Gasteiger partial charge in [-0.05, 0) is 74.6 Å². The van der Waals surface area contributed by atoms with Gasteiger partial charge < -0.3 is 19.7 Å². The van der Waals surface area contributed by atoms with Crippen LogP contribution in [0.1, 0.15) is 30.4 Å². The molecule has 2 aliphatic rings. The predicted molar refractivity (Wildman–Crippen MR) is 132 cm³/mol. The second-order valence-corrected chi connectivity index (χ2v) is 10.8. The smallest absolute Gasteiger partial charge is 0.262 e. The Labute approximate surface area is 201 Å². The first-order valence-corrected chi connectivity index (χ1v) is 13.2. The summed E-state index contributed by atoms with van der Waals surface area (Å²) in [5, 5.41) is 2.91. The molecule has 4 rings (SSSR count). The number of sulfonamides is 1. The standard InChI is InChI=1S/C25H33N3O5S/c1-19-14-20(2)16-21(15-19)33-18-25(29)26-23-17-22(34(30,31)28-10-12-32-13-11-28)6-7-24(23)27-8-4-3-5-9-27/h6-7,14-17H,3-5,8-13,18H2,1-2H3,(H,26,29). The summed E-state index contributed by atoms with van der Waals surface area (Å²) in [7, 11) is -3.68. The van der Waals surface area contributed by atoms with Gasteiger partial charge in [-0.1, -0.05) is 6.07 Å². The maximum atomic E-state index is 13.2. The molecular formula is C25H33N3O5S. The molecule has 2 aromatic rings. The first kappa shape index (κ1) is 24.5. The third-order valence-electron chi connectivity index (χ3n) is 6.11. The zero-order valence-electron chi connectivity index (χ0n) is 19.9. The van der Waals surface area contributed by atoms with E-state index in [1.54, 1.807) is 18.2 Å². The average Bonchev–Trinajstić information content (AvgIpc) is 2.83. The summed E-state index contributed by atoms with van der Waals surface area (Å²) in [6, 6.07) is 10.8. The molecule has 0 atom stereocenters. The Bertz CT molecular complexity index is 1100. The van der Waals surface area contributed by atoms with Gasteiger partial charge in [-0.25, -0.2) is 8.42 Å². The molecule has 0 aromatic heterocycles. The summed E-state index contributed by atoms with van der Waals surface area (Å²) < 4.78 is 38.9. The lowest BCUT2D eigenvalue weighted by Gasteiger charge is -2.31. The van der Waals surface area contributed by atoms with Crippen LogP contribution in [0.25, 0.3) is 0 Å². The second kappa shape index (κ2) is 10.8. The molecule has 184 valence electrons. The van der Waals surface area contributed by atoms with Crippen molar-refractivity contribution < 1.29 is 22.7 Å². The van der Waals surface area contributed by atoms with E-state index in [0.717, 1.165) is 42.7 Å². The molecule has 2 aromatic carbocycles. The summed E-state index contributed by atoms with van der Waals surface area (Å²) in [4.78, 5) is 15.2. The highest BCUT2D eigenvalue weighted by molar-refractivity contribution is 7.89. The van der Waals surface area contributed by atoms with Crippen LogP contribution in [0, 0.1) is 13.8 Å². The number of nitrogens with zero attached hydrogens (tertiary/aromatic N) is 2. The molecular weight excluding hydrogens is 454 g/mol. The van der Waals surface area contributed by atoms with Gasteiger partial charge in [-0.3, -0.25) is 4.79 Å². The van der Waals surface area contributed by atoms with E-state index in [-0.39, 0.29) is 17.4 Å². The molecule has 9 heteroatoms. The van der Waals surface area contributed by atoms with E-state index in [1.807, 2.05) is 32.0 Å². The SMILES string of the molecule is Cc1cc(C)cc(OCC(=O)Nc2cc(S(=O)(=O)N3CCOCC3)ccc2N2CCCCC2)c1. The molecule has 34 heavy (non-hydrogen) atoms. The van der Waals surface area contributed by atoms with E-state index in [9.17, 15) is 13.2 Å². The minimum absolute atomic E-state index is 0.164. The van der Waals surface area contributed by atoms with E-state index in [1.165, 1.54) is 10.7 Å². The van der Waals surface area contributed by atoms with Gasteiger partial charge in [0.1, 0.15) is 5.75 Å². The fourth-order valence-electron chi connectivity index (χ4n) is 4.47. The molecule has 2 heterocycles. The van der Waals surface area contributed by atoms with E-state index in [0.29, 0.717) is 37.7 Å². The number of anilines is 2. The van der Waals surface area contributed by atoms with Crippen LogP contribution in [0.5, 0.6) is 5.75 Å². The van der Waals surface area contributed by atoms with Crippen molar-refractivity contribution in [3.63, 3.8) is 0 Å². The highest BCUT2D eigenvalue weighted by Crippen LogP contribution is 2.32. The van der Waals surface area contributed by atoms with Crippen molar-refractivity contribution in [2.24, 2.45) is 0 Å². The van der Waals surface area contributed by atoms with Gasteiger partial charge in [0.05, 0.1) is 29.5 Å². The number of hydrogen-bond donors (Lipinski definition) is 1. The summed E-state index contributed by atoms with van der Waals surface area (Å²) in [5.41, 5.74) is 3.44. The number of nitrogens with one attached hydrogen (secondary N) is 1. The van der Waals surface area contributed by atoms with Crippen LogP contribution in [-0.4, -0.2) is 64.6 Å². The van der Waals surface area contributed by atoms with Crippen LogP contribution in [0.3, 0.4) is 0 Å². The maximum absolute atomic E-state index is 13.2. The summed E-state index contributed by atoms with van der Waals surface area (Å²) in [6.07, 6.45) is 3.31. The Morgan fingerprint density at radius 3 is 2.32 bits per heavy atom. The van der Waals surface area contributed by atoms with Gasteiger partial charge in [0, 0.05) is 26.2 Å². The molecule has 1 N–H and O–H groups in total. The van der Waals surface area contributed by atoms with Gasteiger partial charge in [0.2, 0.25) is 10.0 Å². The lowest BCUT2D eigenvalue weighted by molar-refractivity contribution is -0.118. The molecule has 2 saturated heterocycles. The first-order chi connectivity index (χ1) is 16.3. The molecule has 2 fully saturated rings. The second-order valence-electron chi connectivity index (χ2n) is 8.90. The van der Waals surface area contributed by atoms with Crippen molar-refractivity contribution in [3.8, 4) is 5.75 Å². The van der Waals surface area contributed by atoms with Crippen LogP contribution in [0.15, 0.2) is 41.3 Å². The number of piperidine rings is 1. The molecule has 0 spiro atoms. The number of rotatable bonds is 7. The van der Waals surface area contributed by atoms with Crippen LogP contribution < -0.4 is 15.0 Å². The Balaban J connectivity index is 1.56.